The molecular weight excluding hydrogens is 452 g/mol. The van der Waals surface area contributed by atoms with Crippen LogP contribution in [0.2, 0.25) is 0 Å². The second-order valence-electron chi connectivity index (χ2n) is 11.1. The molecule has 2 aromatic heterocycles. The first kappa shape index (κ1) is 24.2. The summed E-state index contributed by atoms with van der Waals surface area (Å²) in [6.45, 7) is 12.6. The Bertz CT molecular complexity index is 1080. The Balaban J connectivity index is 1.24. The van der Waals surface area contributed by atoms with Crippen LogP contribution in [0.3, 0.4) is 0 Å². The molecule has 1 amide bonds. The highest BCUT2D eigenvalue weighted by molar-refractivity contribution is 5.86. The van der Waals surface area contributed by atoms with Crippen molar-refractivity contribution in [1.29, 1.82) is 0 Å². The molecule has 5 rings (SSSR count). The Morgan fingerprint density at radius 1 is 1.29 bits per heavy atom. The summed E-state index contributed by atoms with van der Waals surface area (Å²) in [5, 5.41) is 3.69. The molecule has 11 heteroatoms. The number of carbonyl (C=O) groups excluding carboxylic acids is 1. The molecule has 192 valence electrons. The number of nitrogens with zero attached hydrogens (tertiary/aromatic N) is 4. The average molecular weight is 489 g/mol. The molecule has 3 N–H and O–H groups in total. The first-order chi connectivity index (χ1) is 16.5. The van der Waals surface area contributed by atoms with E-state index in [-0.39, 0.29) is 30.6 Å². The van der Waals surface area contributed by atoms with Crippen molar-refractivity contribution in [1.82, 2.24) is 24.8 Å². The number of nitrogens with one attached hydrogen (secondary N) is 1. The number of nitrogens with two attached hydrogens (primary N) is 1. The number of alkyl carbamates (subject to hydrolysis) is 1. The average Bonchev–Trinajstić information content (AvgIpc) is 3.50. The van der Waals surface area contributed by atoms with Crippen LogP contribution >= 0.6 is 0 Å². The number of hydrogen-bond donors (Lipinski definition) is 2. The molecule has 0 aliphatic carbocycles. The third-order valence-electron chi connectivity index (χ3n) is 6.68. The van der Waals surface area contributed by atoms with Gasteiger partial charge in [0.1, 0.15) is 41.7 Å². The maximum atomic E-state index is 12.0. The lowest BCUT2D eigenvalue weighted by Gasteiger charge is -2.27. The van der Waals surface area contributed by atoms with Gasteiger partial charge in [-0.1, -0.05) is 0 Å². The van der Waals surface area contributed by atoms with Crippen LogP contribution < -0.4 is 11.1 Å². The van der Waals surface area contributed by atoms with Crippen molar-refractivity contribution < 1.29 is 23.7 Å². The fourth-order valence-electron chi connectivity index (χ4n) is 5.27. The van der Waals surface area contributed by atoms with Crippen LogP contribution in [0.25, 0.3) is 11.0 Å². The standard InChI is InChI=1S/C24H36N6O5/c1-23(2,3)35-22(31)26-10-14-6-8-29(11-14)12-16-17-18(34-24(4,5)33-17)21(32-16)30-9-7-15-19(25)27-13-28-20(15)30/h7,9,13-14,16-18,21H,6,8,10-12H2,1-5H3,(H,26,31)(H2,25,27,28)/t14?,16-,17-,18-,21-/m1/s1. The molecule has 5 atom stereocenters. The molecule has 0 bridgehead atoms. The minimum Gasteiger partial charge on any atom is -0.444 e. The van der Waals surface area contributed by atoms with Crippen LogP contribution in [0.5, 0.6) is 0 Å². The molecule has 0 saturated carbocycles. The summed E-state index contributed by atoms with van der Waals surface area (Å²) in [5.74, 6) is 0.102. The highest BCUT2D eigenvalue weighted by atomic mass is 16.8. The molecule has 3 saturated heterocycles. The summed E-state index contributed by atoms with van der Waals surface area (Å²) in [4.78, 5) is 22.9. The summed E-state index contributed by atoms with van der Waals surface area (Å²) < 4.78 is 26.4. The first-order valence-corrected chi connectivity index (χ1v) is 12.3. The van der Waals surface area contributed by atoms with Gasteiger partial charge in [0.15, 0.2) is 12.0 Å². The van der Waals surface area contributed by atoms with Gasteiger partial charge in [-0.2, -0.15) is 0 Å². The van der Waals surface area contributed by atoms with Gasteiger partial charge in [-0.15, -0.1) is 0 Å². The van der Waals surface area contributed by atoms with Gasteiger partial charge in [-0.3, -0.25) is 0 Å². The van der Waals surface area contributed by atoms with Crippen molar-refractivity contribution in [3.8, 4) is 0 Å². The van der Waals surface area contributed by atoms with Gasteiger partial charge in [0.05, 0.1) is 5.39 Å². The number of hydrogen-bond acceptors (Lipinski definition) is 9. The third kappa shape index (κ3) is 5.09. The number of anilines is 1. The molecule has 3 fully saturated rings. The maximum Gasteiger partial charge on any atom is 0.407 e. The molecule has 5 heterocycles. The largest absolute Gasteiger partial charge is 0.444 e. The van der Waals surface area contributed by atoms with Crippen LogP contribution in [0.4, 0.5) is 10.6 Å². The van der Waals surface area contributed by atoms with Gasteiger partial charge >= 0.3 is 6.09 Å². The van der Waals surface area contributed by atoms with Gasteiger partial charge in [-0.25, -0.2) is 14.8 Å². The van der Waals surface area contributed by atoms with E-state index in [9.17, 15) is 4.79 Å². The Labute approximate surface area is 205 Å². The molecule has 3 aliphatic heterocycles. The lowest BCUT2D eigenvalue weighted by molar-refractivity contribution is -0.197. The number of carbonyl (C=O) groups is 1. The van der Waals surface area contributed by atoms with Crippen LogP contribution in [0, 0.1) is 5.92 Å². The van der Waals surface area contributed by atoms with E-state index < -0.39 is 11.4 Å². The number of aromatic nitrogens is 3. The van der Waals surface area contributed by atoms with Gasteiger partial charge in [-0.05, 0) is 59.6 Å². The molecule has 0 spiro atoms. The van der Waals surface area contributed by atoms with E-state index in [2.05, 4.69) is 20.2 Å². The van der Waals surface area contributed by atoms with E-state index in [1.165, 1.54) is 6.33 Å². The lowest BCUT2D eigenvalue weighted by Crippen LogP contribution is -2.40. The van der Waals surface area contributed by atoms with Crippen molar-refractivity contribution in [3.63, 3.8) is 0 Å². The van der Waals surface area contributed by atoms with Crippen molar-refractivity contribution in [2.24, 2.45) is 5.92 Å². The number of nitrogen functional groups attached to an aromatic ring is 1. The Morgan fingerprint density at radius 2 is 2.06 bits per heavy atom. The summed E-state index contributed by atoms with van der Waals surface area (Å²) in [5.41, 5.74) is 6.25. The van der Waals surface area contributed by atoms with E-state index in [1.54, 1.807) is 0 Å². The molecule has 0 radical (unpaired) electrons. The quantitative estimate of drug-likeness (QED) is 0.652. The van der Waals surface area contributed by atoms with E-state index in [4.69, 9.17) is 24.7 Å². The zero-order chi connectivity index (χ0) is 25.0. The summed E-state index contributed by atoms with van der Waals surface area (Å²) in [7, 11) is 0. The Morgan fingerprint density at radius 3 is 2.83 bits per heavy atom. The van der Waals surface area contributed by atoms with E-state index >= 15 is 0 Å². The smallest absolute Gasteiger partial charge is 0.407 e. The van der Waals surface area contributed by atoms with Gasteiger partial charge < -0.3 is 39.5 Å². The zero-order valence-corrected chi connectivity index (χ0v) is 21.1. The van der Waals surface area contributed by atoms with Crippen LogP contribution in [0.1, 0.15) is 47.3 Å². The number of rotatable bonds is 5. The number of fused-ring (bicyclic) bond motifs is 2. The molecule has 2 aromatic rings. The molecule has 1 unspecified atom stereocenters. The lowest BCUT2D eigenvalue weighted by atomic mass is 10.1. The second kappa shape index (κ2) is 8.88. The number of amides is 1. The fourth-order valence-corrected chi connectivity index (χ4v) is 5.27. The Kier molecular flexibility index (Phi) is 6.15. The fraction of sp³-hybridized carbons (Fsp3) is 0.708. The minimum atomic E-state index is -0.697. The predicted octanol–water partition coefficient (Wildman–Crippen LogP) is 2.28. The Hall–Kier alpha value is -2.47. The zero-order valence-electron chi connectivity index (χ0n) is 21.1. The minimum absolute atomic E-state index is 0.166. The normalized spacial score (nSPS) is 30.6. The number of ether oxygens (including phenoxy) is 4. The molecule has 11 nitrogen and oxygen atoms in total. The third-order valence-corrected chi connectivity index (χ3v) is 6.68. The van der Waals surface area contributed by atoms with Crippen LogP contribution in [-0.2, 0) is 18.9 Å². The van der Waals surface area contributed by atoms with E-state index in [1.807, 2.05) is 51.4 Å². The monoisotopic (exact) mass is 488 g/mol. The van der Waals surface area contributed by atoms with Gasteiger partial charge in [0.2, 0.25) is 0 Å². The van der Waals surface area contributed by atoms with Crippen molar-refractivity contribution >= 4 is 22.9 Å². The predicted molar refractivity (Wildman–Crippen MR) is 128 cm³/mol. The molecule has 3 aliphatic rings. The molecule has 35 heavy (non-hydrogen) atoms. The van der Waals surface area contributed by atoms with Crippen molar-refractivity contribution in [2.75, 3.05) is 31.9 Å². The van der Waals surface area contributed by atoms with Gasteiger partial charge in [0.25, 0.3) is 0 Å². The summed E-state index contributed by atoms with van der Waals surface area (Å²) >= 11 is 0. The van der Waals surface area contributed by atoms with Gasteiger partial charge in [0, 0.05) is 25.8 Å². The van der Waals surface area contributed by atoms with Crippen molar-refractivity contribution in [3.05, 3.63) is 18.6 Å². The summed E-state index contributed by atoms with van der Waals surface area (Å²) in [6, 6.07) is 1.90. The van der Waals surface area contributed by atoms with E-state index in [0.717, 1.165) is 31.4 Å². The molecule has 0 aromatic carbocycles. The molecular formula is C24H36N6O5. The first-order valence-electron chi connectivity index (χ1n) is 12.3. The van der Waals surface area contributed by atoms with E-state index in [0.29, 0.717) is 23.9 Å². The highest BCUT2D eigenvalue weighted by Crippen LogP contribution is 2.44. The highest BCUT2D eigenvalue weighted by Gasteiger charge is 2.56. The van der Waals surface area contributed by atoms with Crippen LogP contribution in [0.15, 0.2) is 18.6 Å². The van der Waals surface area contributed by atoms with Crippen LogP contribution in [-0.4, -0.2) is 81.4 Å². The second-order valence-corrected chi connectivity index (χ2v) is 11.1. The summed E-state index contributed by atoms with van der Waals surface area (Å²) in [6.07, 6.45) is 2.99. The maximum absolute atomic E-state index is 12.0. The SMILES string of the molecule is CC(C)(C)OC(=O)NCC1CCN(C[C@H]2O[C@@H](n3ccc4c(N)ncnc43)[C@@H]3OC(C)(C)O[C@@H]32)C1. The number of likely N-dealkylation sites (tertiary alicyclic amines) is 1. The van der Waals surface area contributed by atoms with Crippen molar-refractivity contribution in [2.45, 2.75) is 77.0 Å². The topological polar surface area (TPSA) is 126 Å².